The Hall–Kier alpha value is -3.78. The third-order valence-corrected chi connectivity index (χ3v) is 6.84. The van der Waals surface area contributed by atoms with Crippen LogP contribution in [0.5, 0.6) is 11.5 Å². The van der Waals surface area contributed by atoms with Gasteiger partial charge in [0.25, 0.3) is 11.5 Å². The molecule has 0 bridgehead atoms. The van der Waals surface area contributed by atoms with Gasteiger partial charge in [0.15, 0.2) is 23.9 Å². The molecule has 0 radical (unpaired) electrons. The van der Waals surface area contributed by atoms with Crippen LogP contribution in [0, 0.1) is 21.2 Å². The second-order valence-electron chi connectivity index (χ2n) is 9.21. The summed E-state index contributed by atoms with van der Waals surface area (Å²) in [6, 6.07) is 7.62. The molecule has 2 N–H and O–H groups in total. The van der Waals surface area contributed by atoms with Crippen molar-refractivity contribution in [1.29, 1.82) is 0 Å². The Morgan fingerprint density at radius 3 is 2.29 bits per heavy atom. The lowest BCUT2D eigenvalue weighted by atomic mass is 10.0. The van der Waals surface area contributed by atoms with Gasteiger partial charge in [-0.15, -0.1) is 0 Å². The number of nitrogens with zero attached hydrogens (tertiary/aromatic N) is 2. The third kappa shape index (κ3) is 7.50. The lowest BCUT2D eigenvalue weighted by molar-refractivity contribution is -0.605. The van der Waals surface area contributed by atoms with Crippen molar-refractivity contribution in [1.82, 2.24) is 0 Å². The first-order chi connectivity index (χ1) is 19.3. The number of carbonyl (C=O) groups is 1. The third-order valence-electron chi connectivity index (χ3n) is 6.19. The summed E-state index contributed by atoms with van der Waals surface area (Å²) in [5.74, 6) is -4.93. The molecule has 1 atom stereocenters. The van der Waals surface area contributed by atoms with Gasteiger partial charge in [0, 0.05) is 29.7 Å². The number of nitro groups is 1. The van der Waals surface area contributed by atoms with Crippen molar-refractivity contribution < 1.29 is 47.7 Å². The largest absolute Gasteiger partial charge is 0.619 e. The topological polar surface area (TPSA) is 155 Å². The average Bonchev–Trinajstić information content (AvgIpc) is 3.73. The summed E-state index contributed by atoms with van der Waals surface area (Å²) in [5.41, 5.74) is -0.478. The lowest BCUT2D eigenvalue weighted by Gasteiger charge is -2.26. The van der Waals surface area contributed by atoms with E-state index in [0.717, 1.165) is 49.5 Å². The second kappa shape index (κ2) is 12.4. The smallest absolute Gasteiger partial charge is 0.387 e. The van der Waals surface area contributed by atoms with Crippen LogP contribution in [0.4, 0.5) is 14.5 Å². The first-order valence-corrected chi connectivity index (χ1v) is 12.8. The van der Waals surface area contributed by atoms with Crippen LogP contribution >= 0.6 is 23.2 Å². The van der Waals surface area contributed by atoms with Gasteiger partial charge in [0.1, 0.15) is 16.1 Å². The number of aromatic nitrogens is 1. The van der Waals surface area contributed by atoms with Gasteiger partial charge in [-0.1, -0.05) is 29.3 Å². The summed E-state index contributed by atoms with van der Waals surface area (Å²) in [6.45, 7) is -2.92. The van der Waals surface area contributed by atoms with Crippen LogP contribution in [0.2, 0.25) is 10.0 Å². The van der Waals surface area contributed by atoms with Gasteiger partial charge in [0.2, 0.25) is 0 Å². The molecule has 1 aliphatic carbocycles. The van der Waals surface area contributed by atoms with E-state index in [1.54, 1.807) is 0 Å². The SMILES string of the molecule is O=C(OC(Cc1c(Cl)c[n+]([O-])cc1Cl)c1ccc(OC(F)F)c(OCC2CC2)c1)C(O)(O)c1ccc([N+](=O)[O-])cc1. The predicted molar refractivity (Wildman–Crippen MR) is 138 cm³/mol. The van der Waals surface area contributed by atoms with E-state index in [1.165, 1.54) is 18.2 Å². The van der Waals surface area contributed by atoms with Crippen LogP contribution in [0.1, 0.15) is 35.6 Å². The van der Waals surface area contributed by atoms with Crippen LogP contribution in [0.25, 0.3) is 0 Å². The number of rotatable bonds is 12. The van der Waals surface area contributed by atoms with Crippen molar-refractivity contribution in [3.05, 3.63) is 96.9 Å². The number of hydrogen-bond donors (Lipinski definition) is 2. The molecule has 1 fully saturated rings. The lowest BCUT2D eigenvalue weighted by Crippen LogP contribution is -2.38. The summed E-state index contributed by atoms with van der Waals surface area (Å²) in [6.07, 6.45) is 2.16. The fourth-order valence-corrected chi connectivity index (χ4v) is 4.41. The van der Waals surface area contributed by atoms with Crippen molar-refractivity contribution in [3.8, 4) is 11.5 Å². The van der Waals surface area contributed by atoms with E-state index in [9.17, 15) is 39.1 Å². The van der Waals surface area contributed by atoms with Crippen LogP contribution in [0.3, 0.4) is 0 Å². The zero-order chi connectivity index (χ0) is 29.9. The van der Waals surface area contributed by atoms with E-state index in [4.69, 9.17) is 32.7 Å². The summed E-state index contributed by atoms with van der Waals surface area (Å²) in [7, 11) is 0. The maximum atomic E-state index is 13.1. The van der Waals surface area contributed by atoms with E-state index >= 15 is 0 Å². The van der Waals surface area contributed by atoms with Crippen molar-refractivity contribution >= 4 is 34.9 Å². The summed E-state index contributed by atoms with van der Waals surface area (Å²) in [5, 5.41) is 43.7. The molecule has 41 heavy (non-hydrogen) atoms. The molecule has 0 amide bonds. The molecule has 1 saturated carbocycles. The highest BCUT2D eigenvalue weighted by molar-refractivity contribution is 6.35. The number of esters is 1. The Bertz CT molecular complexity index is 1410. The molecule has 218 valence electrons. The Morgan fingerprint density at radius 2 is 1.73 bits per heavy atom. The number of halogens is 4. The van der Waals surface area contributed by atoms with Gasteiger partial charge < -0.3 is 29.6 Å². The molecule has 15 heteroatoms. The standard InChI is InChI=1S/C26H22Cl2F2N2O9/c27-19-11-31(36)12-20(28)18(19)10-22(40-24(33)26(34,35)16-4-6-17(7-5-16)32(37)38)15-3-8-21(41-25(29)30)23(9-15)39-13-14-1-2-14/h3-9,11-12,14,22,25,34-35H,1-2,10,13H2. The van der Waals surface area contributed by atoms with Gasteiger partial charge in [-0.3, -0.25) is 10.1 Å². The maximum absolute atomic E-state index is 13.1. The number of pyridine rings is 1. The first-order valence-electron chi connectivity index (χ1n) is 12.0. The molecule has 3 aromatic rings. The summed E-state index contributed by atoms with van der Waals surface area (Å²) >= 11 is 12.4. The molecule has 0 aliphatic heterocycles. The van der Waals surface area contributed by atoms with E-state index in [-0.39, 0.29) is 57.3 Å². The highest BCUT2D eigenvalue weighted by atomic mass is 35.5. The Morgan fingerprint density at radius 1 is 1.10 bits per heavy atom. The molecular formula is C26H22Cl2F2N2O9. The number of nitro benzene ring substituents is 1. The van der Waals surface area contributed by atoms with Crippen molar-refractivity contribution in [2.45, 2.75) is 37.8 Å². The van der Waals surface area contributed by atoms with E-state index in [1.807, 2.05) is 0 Å². The van der Waals surface area contributed by atoms with Gasteiger partial charge in [-0.25, -0.2) is 4.79 Å². The number of hydrogen-bond acceptors (Lipinski definition) is 9. The van der Waals surface area contributed by atoms with Crippen LogP contribution in [0.15, 0.2) is 54.9 Å². The number of non-ortho nitro benzene ring substituents is 1. The average molecular weight is 615 g/mol. The van der Waals surface area contributed by atoms with E-state index in [2.05, 4.69) is 4.74 Å². The number of carbonyl (C=O) groups excluding carboxylic acids is 1. The summed E-state index contributed by atoms with van der Waals surface area (Å²) in [4.78, 5) is 23.3. The molecule has 1 aliphatic rings. The molecule has 11 nitrogen and oxygen atoms in total. The molecule has 0 spiro atoms. The van der Waals surface area contributed by atoms with Crippen LogP contribution in [-0.4, -0.2) is 34.3 Å². The van der Waals surface area contributed by atoms with E-state index < -0.39 is 35.0 Å². The molecule has 1 aromatic heterocycles. The number of aliphatic hydroxyl groups is 2. The fourth-order valence-electron chi connectivity index (χ4n) is 3.81. The van der Waals surface area contributed by atoms with Gasteiger partial charge in [-0.2, -0.15) is 13.5 Å². The minimum absolute atomic E-state index is 0.0759. The molecular weight excluding hydrogens is 593 g/mol. The van der Waals surface area contributed by atoms with Gasteiger partial charge >= 0.3 is 12.6 Å². The van der Waals surface area contributed by atoms with Crippen LogP contribution in [-0.2, 0) is 21.7 Å². The highest BCUT2D eigenvalue weighted by Crippen LogP contribution is 2.38. The van der Waals surface area contributed by atoms with Crippen molar-refractivity contribution in [3.63, 3.8) is 0 Å². The highest BCUT2D eigenvalue weighted by Gasteiger charge is 2.40. The van der Waals surface area contributed by atoms with Gasteiger partial charge in [0.05, 0.1) is 11.5 Å². The zero-order valence-electron chi connectivity index (χ0n) is 20.9. The minimum Gasteiger partial charge on any atom is -0.619 e. The number of ether oxygens (including phenoxy) is 3. The fraction of sp³-hybridized carbons (Fsp3) is 0.308. The summed E-state index contributed by atoms with van der Waals surface area (Å²) < 4.78 is 42.1. The molecule has 1 unspecified atom stereocenters. The molecule has 0 saturated heterocycles. The van der Waals surface area contributed by atoms with E-state index in [0.29, 0.717) is 4.73 Å². The molecule has 2 aromatic carbocycles. The quantitative estimate of drug-likeness (QED) is 0.0743. The number of alkyl halides is 2. The second-order valence-corrected chi connectivity index (χ2v) is 10.0. The molecule has 1 heterocycles. The first kappa shape index (κ1) is 30.2. The maximum Gasteiger partial charge on any atom is 0.387 e. The Labute approximate surface area is 241 Å². The van der Waals surface area contributed by atoms with Crippen molar-refractivity contribution in [2.24, 2.45) is 5.92 Å². The number of benzene rings is 2. The zero-order valence-corrected chi connectivity index (χ0v) is 22.4. The van der Waals surface area contributed by atoms with Crippen molar-refractivity contribution in [2.75, 3.05) is 6.61 Å². The van der Waals surface area contributed by atoms with Crippen LogP contribution < -0.4 is 14.2 Å². The normalized spacial score (nSPS) is 14.0. The monoisotopic (exact) mass is 614 g/mol. The Kier molecular flexibility index (Phi) is 9.12. The minimum atomic E-state index is -3.25. The Balaban J connectivity index is 1.70. The van der Waals surface area contributed by atoms with Gasteiger partial charge in [-0.05, 0) is 48.6 Å². The predicted octanol–water partition coefficient (Wildman–Crippen LogP) is 4.59. The molecule has 4 rings (SSSR count).